The fourth-order valence-electron chi connectivity index (χ4n) is 3.36. The average molecular weight is 326 g/mol. The molecule has 2 aliphatic rings. The summed E-state index contributed by atoms with van der Waals surface area (Å²) in [5.74, 6) is 0.997. The van der Waals surface area contributed by atoms with E-state index in [9.17, 15) is 4.79 Å². The first kappa shape index (κ1) is 15.2. The highest BCUT2D eigenvalue weighted by molar-refractivity contribution is 5.78. The first-order valence-electron chi connectivity index (χ1n) is 8.36. The average Bonchev–Trinajstić information content (AvgIpc) is 2.98. The molecule has 0 radical (unpaired) electrons. The summed E-state index contributed by atoms with van der Waals surface area (Å²) in [4.78, 5) is 16.8. The Bertz CT molecular complexity index is 775. The normalized spacial score (nSPS) is 17.2. The maximum absolute atomic E-state index is 12.7. The maximum Gasteiger partial charge on any atom is 0.244 e. The Balaban J connectivity index is 1.60. The Morgan fingerprint density at radius 3 is 2.83 bits per heavy atom. The molecule has 2 aliphatic heterocycles. The number of benzene rings is 1. The Hall–Kier alpha value is -2.34. The predicted molar refractivity (Wildman–Crippen MR) is 90.8 cm³/mol. The van der Waals surface area contributed by atoms with Crippen LogP contribution in [0.25, 0.3) is 11.3 Å². The lowest BCUT2D eigenvalue weighted by Gasteiger charge is -2.32. The minimum absolute atomic E-state index is 0.134. The Kier molecular flexibility index (Phi) is 3.76. The van der Waals surface area contributed by atoms with Gasteiger partial charge >= 0.3 is 0 Å². The van der Waals surface area contributed by atoms with E-state index in [1.54, 1.807) is 0 Å². The number of likely N-dealkylation sites (N-methyl/N-ethyl adjacent to an activating group) is 1. The van der Waals surface area contributed by atoms with E-state index in [1.807, 2.05) is 27.9 Å². The molecule has 1 fully saturated rings. The second-order valence-electron chi connectivity index (χ2n) is 6.65. The summed E-state index contributed by atoms with van der Waals surface area (Å²) in [6.07, 6.45) is 1.82. The fraction of sp³-hybridized carbons (Fsp3) is 0.444. The molecule has 2 aromatic rings. The number of carbonyl (C=O) groups excluding carboxylic acids is 1. The van der Waals surface area contributed by atoms with E-state index < -0.39 is 0 Å². The topological polar surface area (TPSA) is 50.6 Å². The van der Waals surface area contributed by atoms with Gasteiger partial charge in [0.2, 0.25) is 5.91 Å². The first-order chi connectivity index (χ1) is 11.6. The second-order valence-corrected chi connectivity index (χ2v) is 6.65. The van der Waals surface area contributed by atoms with Crippen molar-refractivity contribution in [1.82, 2.24) is 19.6 Å². The quantitative estimate of drug-likeness (QED) is 0.840. The highest BCUT2D eigenvalue weighted by Crippen LogP contribution is 2.37. The molecule has 1 amide bonds. The summed E-state index contributed by atoms with van der Waals surface area (Å²) in [5.41, 5.74) is 4.25. The van der Waals surface area contributed by atoms with Crippen LogP contribution in [0.15, 0.2) is 24.4 Å². The molecule has 0 spiro atoms. The van der Waals surface area contributed by atoms with Crippen LogP contribution in [0, 0.1) is 6.92 Å². The van der Waals surface area contributed by atoms with Crippen LogP contribution in [0.3, 0.4) is 0 Å². The first-order valence-corrected chi connectivity index (χ1v) is 8.36. The van der Waals surface area contributed by atoms with Gasteiger partial charge in [0, 0.05) is 37.3 Å². The van der Waals surface area contributed by atoms with Crippen molar-refractivity contribution in [2.75, 3.05) is 33.2 Å². The maximum atomic E-state index is 12.7. The van der Waals surface area contributed by atoms with Crippen LogP contribution < -0.4 is 4.74 Å². The van der Waals surface area contributed by atoms with Gasteiger partial charge in [-0.2, -0.15) is 5.10 Å². The standard InChI is InChI=1S/C18H22N4O2/c1-13-3-4-16-15(9-13)18-14(12-24-16)10-19-22(18)11-17(23)21-7-5-20(2)6-8-21/h3-4,9-10H,5-8,11-12H2,1-2H3. The lowest BCUT2D eigenvalue weighted by molar-refractivity contribution is -0.133. The zero-order chi connectivity index (χ0) is 16.7. The molecule has 4 rings (SSSR count). The van der Waals surface area contributed by atoms with Gasteiger partial charge < -0.3 is 14.5 Å². The molecule has 6 nitrogen and oxygen atoms in total. The molecule has 6 heteroatoms. The van der Waals surface area contributed by atoms with Crippen LogP contribution in [0.1, 0.15) is 11.1 Å². The third-order valence-electron chi connectivity index (χ3n) is 4.83. The van der Waals surface area contributed by atoms with Crippen molar-refractivity contribution in [3.8, 4) is 17.0 Å². The number of piperazine rings is 1. The number of ether oxygens (including phenoxy) is 1. The number of carbonyl (C=O) groups is 1. The molecular formula is C18H22N4O2. The molecular weight excluding hydrogens is 304 g/mol. The Labute approximate surface area is 141 Å². The van der Waals surface area contributed by atoms with Gasteiger partial charge in [-0.05, 0) is 26.1 Å². The van der Waals surface area contributed by atoms with Crippen molar-refractivity contribution in [3.05, 3.63) is 35.5 Å². The second kappa shape index (κ2) is 5.94. The molecule has 0 aliphatic carbocycles. The summed E-state index contributed by atoms with van der Waals surface area (Å²) in [7, 11) is 2.09. The summed E-state index contributed by atoms with van der Waals surface area (Å²) < 4.78 is 7.63. The van der Waals surface area contributed by atoms with E-state index in [4.69, 9.17) is 4.74 Å². The number of aryl methyl sites for hydroxylation is 1. The van der Waals surface area contributed by atoms with Gasteiger partial charge in [-0.15, -0.1) is 0 Å². The zero-order valence-corrected chi connectivity index (χ0v) is 14.2. The minimum Gasteiger partial charge on any atom is -0.488 e. The van der Waals surface area contributed by atoms with Crippen LogP contribution >= 0.6 is 0 Å². The third kappa shape index (κ3) is 2.67. The van der Waals surface area contributed by atoms with E-state index in [1.165, 1.54) is 5.56 Å². The minimum atomic E-state index is 0.134. The van der Waals surface area contributed by atoms with Crippen molar-refractivity contribution in [3.63, 3.8) is 0 Å². The van der Waals surface area contributed by atoms with E-state index in [0.717, 1.165) is 48.7 Å². The van der Waals surface area contributed by atoms with Crippen molar-refractivity contribution in [1.29, 1.82) is 0 Å². The third-order valence-corrected chi connectivity index (χ3v) is 4.83. The highest BCUT2D eigenvalue weighted by Gasteiger charge is 2.25. The molecule has 3 heterocycles. The predicted octanol–water partition coefficient (Wildman–Crippen LogP) is 1.52. The van der Waals surface area contributed by atoms with Gasteiger partial charge in [-0.1, -0.05) is 11.6 Å². The van der Waals surface area contributed by atoms with Crippen LogP contribution in [-0.4, -0.2) is 58.7 Å². The van der Waals surface area contributed by atoms with E-state index in [-0.39, 0.29) is 12.5 Å². The van der Waals surface area contributed by atoms with Gasteiger partial charge in [0.05, 0.1) is 11.9 Å². The summed E-state index contributed by atoms with van der Waals surface area (Å²) in [5, 5.41) is 4.45. The van der Waals surface area contributed by atoms with Gasteiger partial charge in [0.15, 0.2) is 0 Å². The molecule has 1 aromatic carbocycles. The lowest BCUT2D eigenvalue weighted by Crippen LogP contribution is -2.48. The number of aromatic nitrogens is 2. The van der Waals surface area contributed by atoms with Crippen molar-refractivity contribution in [2.24, 2.45) is 0 Å². The van der Waals surface area contributed by atoms with E-state index in [2.05, 4.69) is 30.0 Å². The van der Waals surface area contributed by atoms with Crippen molar-refractivity contribution < 1.29 is 9.53 Å². The number of nitrogens with zero attached hydrogens (tertiary/aromatic N) is 4. The molecule has 0 unspecified atom stereocenters. The monoisotopic (exact) mass is 326 g/mol. The molecule has 1 aromatic heterocycles. The van der Waals surface area contributed by atoms with Crippen LogP contribution in [0.4, 0.5) is 0 Å². The molecule has 0 N–H and O–H groups in total. The van der Waals surface area contributed by atoms with Gasteiger partial charge in [-0.25, -0.2) is 0 Å². The fourth-order valence-corrected chi connectivity index (χ4v) is 3.36. The SMILES string of the molecule is Cc1ccc2c(c1)-c1c(cnn1CC(=O)N1CCN(C)CC1)CO2. The van der Waals surface area contributed by atoms with Crippen LogP contribution in [0.5, 0.6) is 5.75 Å². The lowest BCUT2D eigenvalue weighted by atomic mass is 10.0. The molecule has 0 saturated carbocycles. The van der Waals surface area contributed by atoms with Gasteiger partial charge in [-0.3, -0.25) is 9.48 Å². The van der Waals surface area contributed by atoms with Gasteiger partial charge in [0.25, 0.3) is 0 Å². The number of hydrogen-bond acceptors (Lipinski definition) is 4. The number of fused-ring (bicyclic) bond motifs is 3. The van der Waals surface area contributed by atoms with Gasteiger partial charge in [0.1, 0.15) is 18.9 Å². The van der Waals surface area contributed by atoms with Crippen LogP contribution in [0.2, 0.25) is 0 Å². The van der Waals surface area contributed by atoms with Crippen molar-refractivity contribution >= 4 is 5.91 Å². The summed E-state index contributed by atoms with van der Waals surface area (Å²) in [6.45, 7) is 6.29. The molecule has 1 saturated heterocycles. The van der Waals surface area contributed by atoms with Crippen molar-refractivity contribution in [2.45, 2.75) is 20.1 Å². The molecule has 0 atom stereocenters. The Morgan fingerprint density at radius 1 is 1.25 bits per heavy atom. The summed E-state index contributed by atoms with van der Waals surface area (Å²) >= 11 is 0. The smallest absolute Gasteiger partial charge is 0.244 e. The number of amides is 1. The zero-order valence-electron chi connectivity index (χ0n) is 14.2. The van der Waals surface area contributed by atoms with E-state index in [0.29, 0.717) is 6.61 Å². The highest BCUT2D eigenvalue weighted by atomic mass is 16.5. The Morgan fingerprint density at radius 2 is 2.04 bits per heavy atom. The number of hydrogen-bond donors (Lipinski definition) is 0. The number of rotatable bonds is 2. The molecule has 126 valence electrons. The largest absolute Gasteiger partial charge is 0.488 e. The van der Waals surface area contributed by atoms with E-state index >= 15 is 0 Å². The van der Waals surface area contributed by atoms with Crippen LogP contribution in [-0.2, 0) is 17.9 Å². The summed E-state index contributed by atoms with van der Waals surface area (Å²) in [6, 6.07) is 6.14. The molecule has 0 bridgehead atoms. The molecule has 24 heavy (non-hydrogen) atoms.